The normalized spacial score (nSPS) is 20.1. The van der Waals surface area contributed by atoms with Crippen LogP contribution in [0.2, 0.25) is 0 Å². The van der Waals surface area contributed by atoms with Crippen molar-refractivity contribution in [3.63, 3.8) is 0 Å². The van der Waals surface area contributed by atoms with Crippen LogP contribution < -0.4 is 5.73 Å². The molecule has 2 N–H and O–H groups in total. The molecule has 1 aromatic rings. The summed E-state index contributed by atoms with van der Waals surface area (Å²) in [5.74, 6) is 0.636. The van der Waals surface area contributed by atoms with Gasteiger partial charge >= 0.3 is 0 Å². The summed E-state index contributed by atoms with van der Waals surface area (Å²) < 4.78 is 0. The fourth-order valence-electron chi connectivity index (χ4n) is 2.01. The number of nitrogens with two attached hydrogens (primary N) is 1. The zero-order valence-electron chi connectivity index (χ0n) is 9.98. The van der Waals surface area contributed by atoms with Gasteiger partial charge in [-0.1, -0.05) is 32.0 Å². The molecule has 0 saturated carbocycles. The quantitative estimate of drug-likeness (QED) is 0.579. The number of benzene rings is 1. The highest BCUT2D eigenvalue weighted by Gasteiger charge is 2.30. The smallest absolute Gasteiger partial charge is 0.196 e. The molecular formula is C13H19N3. The molecule has 1 aliphatic rings. The molecule has 2 rings (SSSR count). The molecule has 0 aromatic heterocycles. The minimum Gasteiger partial charge on any atom is -0.369 e. The number of nitrogens with zero attached hydrogens (tertiary/aromatic N) is 2. The average molecular weight is 217 g/mol. The lowest BCUT2D eigenvalue weighted by Crippen LogP contribution is -2.36. The number of hydrogen-bond donors (Lipinski definition) is 1. The lowest BCUT2D eigenvalue weighted by Gasteiger charge is -2.20. The molecule has 1 aromatic carbocycles. The van der Waals surface area contributed by atoms with Gasteiger partial charge in [-0.25, -0.2) is 4.99 Å². The summed E-state index contributed by atoms with van der Waals surface area (Å²) in [5, 5.41) is 0. The predicted octanol–water partition coefficient (Wildman–Crippen LogP) is 2.36. The van der Waals surface area contributed by atoms with E-state index in [2.05, 4.69) is 23.7 Å². The van der Waals surface area contributed by atoms with E-state index >= 15 is 0 Å². The predicted molar refractivity (Wildman–Crippen MR) is 67.7 cm³/mol. The molecule has 1 saturated heterocycles. The van der Waals surface area contributed by atoms with Gasteiger partial charge < -0.3 is 10.6 Å². The Labute approximate surface area is 97.0 Å². The monoisotopic (exact) mass is 217 g/mol. The summed E-state index contributed by atoms with van der Waals surface area (Å²) in [6.45, 7) is 6.54. The van der Waals surface area contributed by atoms with Gasteiger partial charge in [0.05, 0.1) is 5.69 Å². The van der Waals surface area contributed by atoms with Gasteiger partial charge in [-0.2, -0.15) is 0 Å². The molecule has 0 aliphatic carbocycles. The van der Waals surface area contributed by atoms with E-state index < -0.39 is 0 Å². The number of guanidine groups is 1. The second-order valence-electron chi connectivity index (χ2n) is 5.14. The van der Waals surface area contributed by atoms with Gasteiger partial charge in [0.15, 0.2) is 5.96 Å². The van der Waals surface area contributed by atoms with Crippen molar-refractivity contribution in [2.24, 2.45) is 16.1 Å². The van der Waals surface area contributed by atoms with Crippen LogP contribution in [0.5, 0.6) is 0 Å². The summed E-state index contributed by atoms with van der Waals surface area (Å²) in [5.41, 5.74) is 7.29. The molecule has 0 atom stereocenters. The molecule has 1 fully saturated rings. The van der Waals surface area contributed by atoms with E-state index in [1.165, 1.54) is 6.42 Å². The molecule has 1 heterocycles. The van der Waals surface area contributed by atoms with Crippen LogP contribution in [0.25, 0.3) is 0 Å². The van der Waals surface area contributed by atoms with Crippen LogP contribution in [0.15, 0.2) is 35.3 Å². The van der Waals surface area contributed by atoms with E-state index in [-0.39, 0.29) is 0 Å². The Hall–Kier alpha value is -1.51. The molecule has 86 valence electrons. The molecular weight excluding hydrogens is 198 g/mol. The molecule has 0 amide bonds. The first-order chi connectivity index (χ1) is 7.57. The van der Waals surface area contributed by atoms with Crippen molar-refractivity contribution in [3.8, 4) is 0 Å². The van der Waals surface area contributed by atoms with Crippen molar-refractivity contribution in [1.29, 1.82) is 0 Å². The van der Waals surface area contributed by atoms with Crippen LogP contribution in [0.3, 0.4) is 0 Å². The van der Waals surface area contributed by atoms with Crippen LogP contribution in [0, 0.1) is 5.41 Å². The lowest BCUT2D eigenvalue weighted by atomic mass is 9.93. The Balaban J connectivity index is 2.09. The topological polar surface area (TPSA) is 41.6 Å². The van der Waals surface area contributed by atoms with Crippen molar-refractivity contribution in [2.45, 2.75) is 20.3 Å². The number of likely N-dealkylation sites (tertiary alicyclic amines) is 1. The fraction of sp³-hybridized carbons (Fsp3) is 0.462. The van der Waals surface area contributed by atoms with E-state index in [4.69, 9.17) is 5.73 Å². The first-order valence-electron chi connectivity index (χ1n) is 5.71. The van der Waals surface area contributed by atoms with Crippen molar-refractivity contribution in [1.82, 2.24) is 4.90 Å². The van der Waals surface area contributed by atoms with Crippen molar-refractivity contribution < 1.29 is 0 Å². The van der Waals surface area contributed by atoms with Gasteiger partial charge in [0.2, 0.25) is 0 Å². The molecule has 3 nitrogen and oxygen atoms in total. The Kier molecular flexibility index (Phi) is 2.86. The third-order valence-corrected chi connectivity index (χ3v) is 3.00. The Morgan fingerprint density at radius 1 is 1.31 bits per heavy atom. The fourth-order valence-corrected chi connectivity index (χ4v) is 2.01. The summed E-state index contributed by atoms with van der Waals surface area (Å²) in [6, 6.07) is 9.86. The third kappa shape index (κ3) is 2.54. The molecule has 1 aliphatic heterocycles. The van der Waals surface area contributed by atoms with Gasteiger partial charge in [0.25, 0.3) is 0 Å². The highest BCUT2D eigenvalue weighted by Crippen LogP contribution is 2.28. The van der Waals surface area contributed by atoms with Crippen molar-refractivity contribution in [2.75, 3.05) is 13.1 Å². The van der Waals surface area contributed by atoms with Crippen molar-refractivity contribution >= 4 is 11.6 Å². The van der Waals surface area contributed by atoms with Crippen LogP contribution >= 0.6 is 0 Å². The average Bonchev–Trinajstić information content (AvgIpc) is 2.60. The van der Waals surface area contributed by atoms with Gasteiger partial charge in [0.1, 0.15) is 0 Å². The molecule has 0 radical (unpaired) electrons. The maximum absolute atomic E-state index is 6.01. The Bertz CT molecular complexity index is 381. The van der Waals surface area contributed by atoms with Gasteiger partial charge in [-0.15, -0.1) is 0 Å². The zero-order valence-corrected chi connectivity index (χ0v) is 9.98. The maximum Gasteiger partial charge on any atom is 0.196 e. The van der Waals surface area contributed by atoms with E-state index in [1.807, 2.05) is 30.3 Å². The Morgan fingerprint density at radius 2 is 2.00 bits per heavy atom. The van der Waals surface area contributed by atoms with E-state index in [9.17, 15) is 0 Å². The number of rotatable bonds is 1. The van der Waals surface area contributed by atoms with Crippen LogP contribution in [0.1, 0.15) is 20.3 Å². The van der Waals surface area contributed by atoms with Gasteiger partial charge in [-0.05, 0) is 24.0 Å². The standard InChI is InChI=1S/C13H19N3/c1-13(2)8-9-16(10-13)12(14)15-11-6-4-3-5-7-11/h3-7H,8-10H2,1-2H3,(H2,14,15). The highest BCUT2D eigenvalue weighted by atomic mass is 15.3. The van der Waals surface area contributed by atoms with E-state index in [1.54, 1.807) is 0 Å². The minimum atomic E-state index is 0.358. The molecule has 0 spiro atoms. The summed E-state index contributed by atoms with van der Waals surface area (Å²) in [4.78, 5) is 6.59. The van der Waals surface area contributed by atoms with Crippen molar-refractivity contribution in [3.05, 3.63) is 30.3 Å². The summed E-state index contributed by atoms with van der Waals surface area (Å²) in [7, 11) is 0. The van der Waals surface area contributed by atoms with Gasteiger partial charge in [-0.3, -0.25) is 0 Å². The second kappa shape index (κ2) is 4.16. The molecule has 16 heavy (non-hydrogen) atoms. The van der Waals surface area contributed by atoms with Crippen LogP contribution in [-0.4, -0.2) is 23.9 Å². The zero-order chi connectivity index (χ0) is 11.6. The third-order valence-electron chi connectivity index (χ3n) is 3.00. The number of hydrogen-bond acceptors (Lipinski definition) is 1. The number of aliphatic imine (C=N–C) groups is 1. The Morgan fingerprint density at radius 3 is 2.56 bits per heavy atom. The first kappa shape index (κ1) is 11.0. The molecule has 0 bridgehead atoms. The van der Waals surface area contributed by atoms with Crippen LogP contribution in [0.4, 0.5) is 5.69 Å². The largest absolute Gasteiger partial charge is 0.369 e. The second-order valence-corrected chi connectivity index (χ2v) is 5.14. The molecule has 3 heteroatoms. The number of para-hydroxylation sites is 1. The summed E-state index contributed by atoms with van der Waals surface area (Å²) >= 11 is 0. The van der Waals surface area contributed by atoms with E-state index in [0.29, 0.717) is 11.4 Å². The minimum absolute atomic E-state index is 0.358. The lowest BCUT2D eigenvalue weighted by molar-refractivity contribution is 0.374. The molecule has 0 unspecified atom stereocenters. The highest BCUT2D eigenvalue weighted by molar-refractivity contribution is 5.81. The SMILES string of the molecule is CC1(C)CCN(C(N)=Nc2ccccc2)C1. The van der Waals surface area contributed by atoms with Crippen LogP contribution in [-0.2, 0) is 0 Å². The summed E-state index contributed by atoms with van der Waals surface area (Å²) in [6.07, 6.45) is 1.18. The van der Waals surface area contributed by atoms with Gasteiger partial charge in [0, 0.05) is 13.1 Å². The maximum atomic E-state index is 6.01. The van der Waals surface area contributed by atoms with E-state index in [0.717, 1.165) is 18.8 Å². The first-order valence-corrected chi connectivity index (χ1v) is 5.71.